The van der Waals surface area contributed by atoms with E-state index in [1.165, 1.54) is 31.0 Å². The maximum absolute atomic E-state index is 4.75. The normalized spacial score (nSPS) is 24.9. The summed E-state index contributed by atoms with van der Waals surface area (Å²) in [6.07, 6.45) is 1.22. The highest BCUT2D eigenvalue weighted by molar-refractivity contribution is 7.09. The van der Waals surface area contributed by atoms with Gasteiger partial charge in [-0.3, -0.25) is 0 Å². The molecular weight excluding hydrogens is 268 g/mol. The largest absolute Gasteiger partial charge is 0.347 e. The summed E-state index contributed by atoms with van der Waals surface area (Å²) < 4.78 is 4.54. The van der Waals surface area contributed by atoms with Crippen LogP contribution in [0.15, 0.2) is 0 Å². The number of rotatable bonds is 3. The van der Waals surface area contributed by atoms with Crippen molar-refractivity contribution < 1.29 is 0 Å². The van der Waals surface area contributed by atoms with Crippen molar-refractivity contribution in [3.8, 4) is 0 Å². The first-order chi connectivity index (χ1) is 9.32. The summed E-state index contributed by atoms with van der Waals surface area (Å²) in [6, 6.07) is 0.582. The average Bonchev–Trinajstić information content (AvgIpc) is 2.87. The molecule has 1 aliphatic heterocycles. The molecule has 0 aromatic carbocycles. The Labute approximate surface area is 127 Å². The fourth-order valence-corrected chi connectivity index (χ4v) is 3.76. The Morgan fingerprint density at radius 3 is 2.60 bits per heavy atom. The smallest absolute Gasteiger partial charge is 0.205 e. The molecule has 2 unspecified atom stereocenters. The Balaban J connectivity index is 2.08. The van der Waals surface area contributed by atoms with E-state index < -0.39 is 0 Å². The molecule has 0 radical (unpaired) electrons. The van der Waals surface area contributed by atoms with Crippen molar-refractivity contribution in [3.05, 3.63) is 5.82 Å². The van der Waals surface area contributed by atoms with Gasteiger partial charge >= 0.3 is 0 Å². The molecule has 1 fully saturated rings. The van der Waals surface area contributed by atoms with E-state index in [1.807, 2.05) is 0 Å². The van der Waals surface area contributed by atoms with Crippen molar-refractivity contribution in [1.82, 2.24) is 14.3 Å². The van der Waals surface area contributed by atoms with Crippen LogP contribution in [0.1, 0.15) is 46.9 Å². The first-order valence-corrected chi connectivity index (χ1v) is 8.39. The predicted octanol–water partition coefficient (Wildman–Crippen LogP) is 3.00. The Kier molecular flexibility index (Phi) is 4.69. The summed E-state index contributed by atoms with van der Waals surface area (Å²) in [5, 5.41) is 1.07. The zero-order valence-electron chi connectivity index (χ0n) is 13.7. The number of anilines is 1. The monoisotopic (exact) mass is 296 g/mol. The molecule has 1 saturated heterocycles. The lowest BCUT2D eigenvalue weighted by atomic mass is 9.93. The van der Waals surface area contributed by atoms with E-state index in [-0.39, 0.29) is 5.41 Å². The van der Waals surface area contributed by atoms with Crippen molar-refractivity contribution in [1.29, 1.82) is 0 Å². The van der Waals surface area contributed by atoms with Crippen LogP contribution in [0.2, 0.25) is 0 Å². The quantitative estimate of drug-likeness (QED) is 0.858. The van der Waals surface area contributed by atoms with Crippen LogP contribution in [-0.2, 0) is 5.41 Å². The highest BCUT2D eigenvalue weighted by Gasteiger charge is 2.30. The van der Waals surface area contributed by atoms with E-state index in [4.69, 9.17) is 4.98 Å². The van der Waals surface area contributed by atoms with Gasteiger partial charge in [0.1, 0.15) is 5.82 Å². The van der Waals surface area contributed by atoms with Gasteiger partial charge in [-0.15, -0.1) is 0 Å². The van der Waals surface area contributed by atoms with Gasteiger partial charge in [-0.1, -0.05) is 34.6 Å². The van der Waals surface area contributed by atoms with E-state index in [9.17, 15) is 0 Å². The molecule has 0 aliphatic carbocycles. The van der Waals surface area contributed by atoms with Gasteiger partial charge in [0.25, 0.3) is 0 Å². The first kappa shape index (κ1) is 15.7. The van der Waals surface area contributed by atoms with Crippen LogP contribution in [0.4, 0.5) is 5.13 Å². The van der Waals surface area contributed by atoms with Gasteiger partial charge in [0, 0.05) is 43.1 Å². The number of nitrogens with zero attached hydrogens (tertiary/aromatic N) is 4. The Hall–Kier alpha value is -0.680. The van der Waals surface area contributed by atoms with Gasteiger partial charge in [0.2, 0.25) is 5.13 Å². The van der Waals surface area contributed by atoms with Gasteiger partial charge in [-0.25, -0.2) is 4.98 Å². The molecule has 0 N–H and O–H groups in total. The van der Waals surface area contributed by atoms with E-state index in [0.29, 0.717) is 12.0 Å². The van der Waals surface area contributed by atoms with Gasteiger partial charge < -0.3 is 9.80 Å². The van der Waals surface area contributed by atoms with Crippen LogP contribution in [-0.4, -0.2) is 47.0 Å². The molecule has 20 heavy (non-hydrogen) atoms. The van der Waals surface area contributed by atoms with Crippen molar-refractivity contribution in [2.75, 3.05) is 31.6 Å². The highest BCUT2D eigenvalue weighted by Crippen LogP contribution is 2.29. The zero-order chi connectivity index (χ0) is 14.9. The zero-order valence-corrected chi connectivity index (χ0v) is 14.5. The molecule has 0 spiro atoms. The van der Waals surface area contributed by atoms with Crippen LogP contribution in [0.3, 0.4) is 0 Å². The fourth-order valence-electron chi connectivity index (χ4n) is 2.89. The van der Waals surface area contributed by atoms with Crippen LogP contribution >= 0.6 is 11.5 Å². The lowest BCUT2D eigenvalue weighted by Crippen LogP contribution is -2.49. The molecule has 0 saturated carbocycles. The summed E-state index contributed by atoms with van der Waals surface area (Å²) in [7, 11) is 2.18. The molecule has 1 aromatic rings. The second-order valence-corrected chi connectivity index (χ2v) is 7.72. The summed E-state index contributed by atoms with van der Waals surface area (Å²) in [5.74, 6) is 1.64. The predicted molar refractivity (Wildman–Crippen MR) is 86.7 cm³/mol. The van der Waals surface area contributed by atoms with Crippen molar-refractivity contribution in [2.45, 2.75) is 52.5 Å². The van der Waals surface area contributed by atoms with E-state index in [2.05, 4.69) is 55.8 Å². The minimum Gasteiger partial charge on any atom is -0.347 e. The third-order valence-corrected chi connectivity index (χ3v) is 5.08. The van der Waals surface area contributed by atoms with Gasteiger partial charge in [-0.2, -0.15) is 4.37 Å². The van der Waals surface area contributed by atoms with Gasteiger partial charge in [0.15, 0.2) is 0 Å². The number of aromatic nitrogens is 2. The SMILES string of the molecule is CCN1CCC(N(C)c2nc(C(C)(C)C)ns2)C(C)C1. The number of likely N-dealkylation sites (tertiary alicyclic amines) is 1. The highest BCUT2D eigenvalue weighted by atomic mass is 32.1. The van der Waals surface area contributed by atoms with Crippen LogP contribution < -0.4 is 4.90 Å². The number of hydrogen-bond acceptors (Lipinski definition) is 5. The third kappa shape index (κ3) is 3.31. The second kappa shape index (κ2) is 5.98. The van der Waals surface area contributed by atoms with E-state index in [0.717, 1.165) is 17.5 Å². The lowest BCUT2D eigenvalue weighted by molar-refractivity contribution is 0.169. The topological polar surface area (TPSA) is 32.3 Å². The lowest BCUT2D eigenvalue weighted by Gasteiger charge is -2.40. The van der Waals surface area contributed by atoms with Gasteiger partial charge in [-0.05, 0) is 18.9 Å². The molecule has 2 atom stereocenters. The van der Waals surface area contributed by atoms with Crippen molar-refractivity contribution in [2.24, 2.45) is 5.92 Å². The van der Waals surface area contributed by atoms with Crippen LogP contribution in [0, 0.1) is 5.92 Å². The standard InChI is InChI=1S/C15H28N4S/c1-7-19-9-8-12(11(2)10-19)18(6)14-16-13(17-20-14)15(3,4)5/h11-12H,7-10H2,1-6H3. The maximum atomic E-state index is 4.75. The van der Waals surface area contributed by atoms with Crippen LogP contribution in [0.5, 0.6) is 0 Å². The molecule has 4 nitrogen and oxygen atoms in total. The summed E-state index contributed by atoms with van der Waals surface area (Å²) in [4.78, 5) is 9.64. The Morgan fingerprint density at radius 2 is 2.10 bits per heavy atom. The number of piperidine rings is 1. The Morgan fingerprint density at radius 1 is 1.40 bits per heavy atom. The second-order valence-electron chi connectivity index (χ2n) is 6.99. The number of hydrogen-bond donors (Lipinski definition) is 0. The van der Waals surface area contributed by atoms with Gasteiger partial charge in [0.05, 0.1) is 0 Å². The molecule has 1 aliphatic rings. The average molecular weight is 296 g/mol. The fraction of sp³-hybridized carbons (Fsp3) is 0.867. The summed E-state index contributed by atoms with van der Waals surface area (Å²) in [6.45, 7) is 14.7. The summed E-state index contributed by atoms with van der Waals surface area (Å²) in [5.41, 5.74) is 0.0345. The minimum atomic E-state index is 0.0345. The van der Waals surface area contributed by atoms with Crippen molar-refractivity contribution >= 4 is 16.7 Å². The van der Waals surface area contributed by atoms with E-state index in [1.54, 1.807) is 0 Å². The molecule has 2 heterocycles. The van der Waals surface area contributed by atoms with Crippen LogP contribution in [0.25, 0.3) is 0 Å². The minimum absolute atomic E-state index is 0.0345. The molecular formula is C15H28N4S. The summed E-state index contributed by atoms with van der Waals surface area (Å²) >= 11 is 1.54. The van der Waals surface area contributed by atoms with E-state index >= 15 is 0 Å². The first-order valence-electron chi connectivity index (χ1n) is 7.62. The Bertz CT molecular complexity index is 437. The third-order valence-electron chi connectivity index (χ3n) is 4.28. The molecule has 1 aromatic heterocycles. The molecule has 0 bridgehead atoms. The molecule has 0 amide bonds. The van der Waals surface area contributed by atoms with Crippen molar-refractivity contribution in [3.63, 3.8) is 0 Å². The molecule has 114 valence electrons. The maximum Gasteiger partial charge on any atom is 0.205 e. The molecule has 5 heteroatoms. The molecule has 2 rings (SSSR count).